The van der Waals surface area contributed by atoms with Crippen LogP contribution < -0.4 is 0 Å². The number of aromatic nitrogens is 2. The molecule has 0 N–H and O–H groups in total. The van der Waals surface area contributed by atoms with Gasteiger partial charge in [0.2, 0.25) is 0 Å². The van der Waals surface area contributed by atoms with Crippen LogP contribution in [0, 0.1) is 5.92 Å². The third-order valence-electron chi connectivity index (χ3n) is 1.83. The molecule has 1 saturated carbocycles. The summed E-state index contributed by atoms with van der Waals surface area (Å²) in [5, 5.41) is 7.63. The number of rotatable bonds is 2. The zero-order valence-corrected chi connectivity index (χ0v) is 7.08. The van der Waals surface area contributed by atoms with E-state index in [1.165, 1.54) is 0 Å². The molecule has 1 aliphatic rings. The van der Waals surface area contributed by atoms with Crippen LogP contribution in [0.15, 0.2) is 12.1 Å². The summed E-state index contributed by atoms with van der Waals surface area (Å²) in [6.07, 6.45) is 1.98. The lowest BCUT2D eigenvalue weighted by molar-refractivity contribution is 0.0962. The monoisotopic (exact) mass is 182 g/mol. The summed E-state index contributed by atoms with van der Waals surface area (Å²) < 4.78 is 0. The molecule has 0 spiro atoms. The van der Waals surface area contributed by atoms with E-state index in [-0.39, 0.29) is 11.7 Å². The topological polar surface area (TPSA) is 42.9 Å². The Morgan fingerprint density at radius 1 is 1.42 bits per heavy atom. The van der Waals surface area contributed by atoms with E-state index in [9.17, 15) is 4.79 Å². The van der Waals surface area contributed by atoms with Crippen LogP contribution in [0.5, 0.6) is 0 Å². The molecule has 0 bridgehead atoms. The molecule has 1 aromatic heterocycles. The maximum Gasteiger partial charge on any atom is 0.186 e. The van der Waals surface area contributed by atoms with Crippen molar-refractivity contribution in [2.45, 2.75) is 12.8 Å². The quantitative estimate of drug-likeness (QED) is 0.655. The first-order valence-electron chi connectivity index (χ1n) is 3.81. The van der Waals surface area contributed by atoms with E-state index < -0.39 is 0 Å². The number of ketones is 1. The lowest BCUT2D eigenvalue weighted by Gasteiger charge is -1.94. The predicted molar refractivity (Wildman–Crippen MR) is 44.1 cm³/mol. The van der Waals surface area contributed by atoms with Gasteiger partial charge in [0, 0.05) is 5.92 Å². The van der Waals surface area contributed by atoms with E-state index in [1.807, 2.05) is 0 Å². The minimum absolute atomic E-state index is 0.0965. The summed E-state index contributed by atoms with van der Waals surface area (Å²) in [5.41, 5.74) is 0.432. The third kappa shape index (κ3) is 1.46. The van der Waals surface area contributed by atoms with Gasteiger partial charge in [-0.2, -0.15) is 0 Å². The van der Waals surface area contributed by atoms with E-state index in [0.29, 0.717) is 10.8 Å². The van der Waals surface area contributed by atoms with Crippen LogP contribution >= 0.6 is 11.6 Å². The van der Waals surface area contributed by atoms with Crippen molar-refractivity contribution in [3.05, 3.63) is 23.0 Å². The molecule has 0 radical (unpaired) electrons. The number of nitrogens with zero attached hydrogens (tertiary/aromatic N) is 2. The highest BCUT2D eigenvalue weighted by molar-refractivity contribution is 6.29. The van der Waals surface area contributed by atoms with Gasteiger partial charge in [-0.05, 0) is 25.0 Å². The third-order valence-corrected chi connectivity index (χ3v) is 2.03. The Balaban J connectivity index is 2.22. The molecule has 4 heteroatoms. The second-order valence-corrected chi connectivity index (χ2v) is 3.27. The summed E-state index contributed by atoms with van der Waals surface area (Å²) in [6.45, 7) is 0. The van der Waals surface area contributed by atoms with Crippen LogP contribution in [-0.4, -0.2) is 16.0 Å². The van der Waals surface area contributed by atoms with E-state index in [1.54, 1.807) is 12.1 Å². The van der Waals surface area contributed by atoms with Gasteiger partial charge < -0.3 is 0 Å². The summed E-state index contributed by atoms with van der Waals surface area (Å²) in [5.74, 6) is 0.291. The van der Waals surface area contributed by atoms with Crippen molar-refractivity contribution < 1.29 is 4.79 Å². The Morgan fingerprint density at radius 2 is 2.17 bits per heavy atom. The number of Topliss-reactive ketones (excluding diaryl/α,β-unsaturated/α-hetero) is 1. The Bertz CT molecular complexity index is 305. The van der Waals surface area contributed by atoms with Crippen molar-refractivity contribution in [3.8, 4) is 0 Å². The first kappa shape index (κ1) is 7.68. The first-order valence-corrected chi connectivity index (χ1v) is 4.18. The van der Waals surface area contributed by atoms with Gasteiger partial charge in [-0.1, -0.05) is 11.6 Å². The number of carbonyl (C=O) groups excluding carboxylic acids is 1. The molecule has 3 nitrogen and oxygen atoms in total. The zero-order chi connectivity index (χ0) is 8.55. The van der Waals surface area contributed by atoms with Gasteiger partial charge in [-0.3, -0.25) is 4.79 Å². The van der Waals surface area contributed by atoms with Crippen LogP contribution in [0.2, 0.25) is 5.15 Å². The summed E-state index contributed by atoms with van der Waals surface area (Å²) in [7, 11) is 0. The predicted octanol–water partition coefficient (Wildman–Crippen LogP) is 1.72. The minimum Gasteiger partial charge on any atom is -0.292 e. The lowest BCUT2D eigenvalue weighted by Crippen LogP contribution is -2.04. The molecule has 0 aliphatic heterocycles. The van der Waals surface area contributed by atoms with Gasteiger partial charge in [0.15, 0.2) is 10.9 Å². The van der Waals surface area contributed by atoms with Gasteiger partial charge in [-0.25, -0.2) is 0 Å². The number of hydrogen-bond acceptors (Lipinski definition) is 3. The molecule has 12 heavy (non-hydrogen) atoms. The van der Waals surface area contributed by atoms with Gasteiger partial charge in [0.05, 0.1) is 0 Å². The Labute approximate surface area is 74.8 Å². The zero-order valence-electron chi connectivity index (χ0n) is 6.33. The van der Waals surface area contributed by atoms with Crippen molar-refractivity contribution in [1.29, 1.82) is 0 Å². The average molecular weight is 183 g/mol. The summed E-state index contributed by atoms with van der Waals surface area (Å²) in [6, 6.07) is 3.21. The SMILES string of the molecule is O=C(c1ccc(Cl)nn1)C1CC1. The number of hydrogen-bond donors (Lipinski definition) is 0. The summed E-state index contributed by atoms with van der Waals surface area (Å²) >= 11 is 5.53. The highest BCUT2D eigenvalue weighted by Crippen LogP contribution is 2.31. The first-order chi connectivity index (χ1) is 5.77. The maximum absolute atomic E-state index is 11.4. The molecule has 0 aromatic carbocycles. The molecular weight excluding hydrogens is 176 g/mol. The molecule has 0 unspecified atom stereocenters. The largest absolute Gasteiger partial charge is 0.292 e. The minimum atomic E-state index is 0.0965. The Morgan fingerprint density at radius 3 is 2.67 bits per heavy atom. The molecule has 1 fully saturated rings. The molecule has 2 rings (SSSR count). The van der Waals surface area contributed by atoms with Crippen LogP contribution in [0.3, 0.4) is 0 Å². The fraction of sp³-hybridized carbons (Fsp3) is 0.375. The molecular formula is C8H7ClN2O. The van der Waals surface area contributed by atoms with Gasteiger partial charge in [0.25, 0.3) is 0 Å². The van der Waals surface area contributed by atoms with E-state index in [2.05, 4.69) is 10.2 Å². The van der Waals surface area contributed by atoms with Crippen LogP contribution in [0.25, 0.3) is 0 Å². The smallest absolute Gasteiger partial charge is 0.186 e. The number of carbonyl (C=O) groups is 1. The van der Waals surface area contributed by atoms with Crippen molar-refractivity contribution in [2.24, 2.45) is 5.92 Å². The normalized spacial score (nSPS) is 16.1. The van der Waals surface area contributed by atoms with E-state index in [4.69, 9.17) is 11.6 Å². The second kappa shape index (κ2) is 2.83. The van der Waals surface area contributed by atoms with Crippen LogP contribution in [0.1, 0.15) is 23.3 Å². The molecule has 62 valence electrons. The molecule has 1 aromatic rings. The summed E-state index contributed by atoms with van der Waals surface area (Å²) in [4.78, 5) is 11.4. The fourth-order valence-corrected chi connectivity index (χ4v) is 1.10. The standard InChI is InChI=1S/C8H7ClN2O/c9-7-4-3-6(10-11-7)8(12)5-1-2-5/h3-5H,1-2H2. The maximum atomic E-state index is 11.4. The molecule has 0 amide bonds. The van der Waals surface area contributed by atoms with E-state index >= 15 is 0 Å². The Hall–Kier alpha value is -0.960. The van der Waals surface area contributed by atoms with Crippen LogP contribution in [-0.2, 0) is 0 Å². The highest BCUT2D eigenvalue weighted by atomic mass is 35.5. The molecule has 0 atom stereocenters. The van der Waals surface area contributed by atoms with Gasteiger partial charge >= 0.3 is 0 Å². The lowest BCUT2D eigenvalue weighted by atomic mass is 10.2. The second-order valence-electron chi connectivity index (χ2n) is 2.88. The molecule has 0 saturated heterocycles. The van der Waals surface area contributed by atoms with Gasteiger partial charge in [0.1, 0.15) is 5.69 Å². The van der Waals surface area contributed by atoms with E-state index in [0.717, 1.165) is 12.8 Å². The van der Waals surface area contributed by atoms with Crippen LogP contribution in [0.4, 0.5) is 0 Å². The highest BCUT2D eigenvalue weighted by Gasteiger charge is 2.31. The fourth-order valence-electron chi connectivity index (χ4n) is 1.00. The molecule has 1 heterocycles. The van der Waals surface area contributed by atoms with Crippen molar-refractivity contribution in [3.63, 3.8) is 0 Å². The van der Waals surface area contributed by atoms with Crippen molar-refractivity contribution in [2.75, 3.05) is 0 Å². The van der Waals surface area contributed by atoms with Crippen molar-refractivity contribution in [1.82, 2.24) is 10.2 Å². The molecule has 1 aliphatic carbocycles. The average Bonchev–Trinajstić information content (AvgIpc) is 2.87. The Kier molecular flexibility index (Phi) is 1.81. The van der Waals surface area contributed by atoms with Gasteiger partial charge in [-0.15, -0.1) is 10.2 Å². The van der Waals surface area contributed by atoms with Crippen molar-refractivity contribution >= 4 is 17.4 Å². The number of halogens is 1.